The van der Waals surface area contributed by atoms with Gasteiger partial charge in [0.15, 0.2) is 0 Å². The molecule has 0 saturated heterocycles. The van der Waals surface area contributed by atoms with Crippen molar-refractivity contribution in [2.24, 2.45) is 0 Å². The first kappa shape index (κ1) is 18.8. The fraction of sp³-hybridized carbons (Fsp3) is 0.278. The summed E-state index contributed by atoms with van der Waals surface area (Å²) in [5.41, 5.74) is 0.839. The predicted molar refractivity (Wildman–Crippen MR) is 99.9 cm³/mol. The van der Waals surface area contributed by atoms with Gasteiger partial charge in [0.05, 0.1) is 5.69 Å². The Bertz CT molecular complexity index is 741. The van der Waals surface area contributed by atoms with E-state index in [2.05, 4.69) is 15.9 Å². The molecule has 1 amide bonds. The van der Waals surface area contributed by atoms with Crippen LogP contribution >= 0.6 is 27.5 Å². The van der Waals surface area contributed by atoms with Crippen LogP contribution in [0.25, 0.3) is 0 Å². The molecule has 0 radical (unpaired) electrons. The summed E-state index contributed by atoms with van der Waals surface area (Å²) < 4.78 is 0.895. The molecule has 1 atom stereocenters. The predicted octanol–water partition coefficient (Wildman–Crippen LogP) is 5.47. The zero-order valence-corrected chi connectivity index (χ0v) is 16.0. The number of nitrogens with zero attached hydrogens (tertiary/aromatic N) is 1. The number of carboxylic acid groups (broad SMARTS) is 1. The Labute approximate surface area is 154 Å². The molecule has 0 aliphatic carbocycles. The molecule has 2 N–H and O–H groups in total. The van der Waals surface area contributed by atoms with Crippen molar-refractivity contribution in [1.29, 1.82) is 0 Å². The van der Waals surface area contributed by atoms with Gasteiger partial charge in [0.1, 0.15) is 6.10 Å². The summed E-state index contributed by atoms with van der Waals surface area (Å²) in [6.07, 6.45) is -2.08. The lowest BCUT2D eigenvalue weighted by atomic mass is 9.97. The van der Waals surface area contributed by atoms with E-state index < -0.39 is 17.7 Å². The molecular formula is C18H19BrClNO3. The molecule has 128 valence electrons. The fourth-order valence-corrected chi connectivity index (χ4v) is 2.97. The first-order valence-corrected chi connectivity index (χ1v) is 8.54. The number of aliphatic hydroxyl groups excluding tert-OH is 1. The number of aliphatic hydroxyl groups is 1. The molecule has 4 nitrogen and oxygen atoms in total. The molecule has 24 heavy (non-hydrogen) atoms. The van der Waals surface area contributed by atoms with Crippen molar-refractivity contribution in [3.8, 4) is 0 Å². The molecule has 0 aliphatic heterocycles. The molecule has 0 spiro atoms. The highest BCUT2D eigenvalue weighted by atomic mass is 79.9. The van der Waals surface area contributed by atoms with E-state index >= 15 is 0 Å². The summed E-state index contributed by atoms with van der Waals surface area (Å²) in [6.45, 7) is 5.39. The first-order valence-electron chi connectivity index (χ1n) is 7.37. The highest BCUT2D eigenvalue weighted by molar-refractivity contribution is 9.10. The van der Waals surface area contributed by atoms with Crippen LogP contribution in [0.1, 0.15) is 38.0 Å². The third-order valence-electron chi connectivity index (χ3n) is 3.57. The van der Waals surface area contributed by atoms with Crippen molar-refractivity contribution in [2.45, 2.75) is 32.4 Å². The average molecular weight is 413 g/mol. The SMILES string of the molecule is CC(C)(C)N(C(=O)O)c1ccc(Cl)cc1C(O)c1ccc(Br)cc1. The second kappa shape index (κ2) is 7.13. The number of halogens is 2. The lowest BCUT2D eigenvalue weighted by Crippen LogP contribution is -2.45. The van der Waals surface area contributed by atoms with E-state index in [0.717, 1.165) is 4.47 Å². The number of benzene rings is 2. The molecule has 0 aliphatic rings. The molecule has 0 saturated carbocycles. The topological polar surface area (TPSA) is 60.8 Å². The number of anilines is 1. The van der Waals surface area contributed by atoms with Crippen LogP contribution in [0.5, 0.6) is 0 Å². The number of hydrogen-bond donors (Lipinski definition) is 2. The van der Waals surface area contributed by atoms with Crippen molar-refractivity contribution in [3.63, 3.8) is 0 Å². The van der Waals surface area contributed by atoms with Crippen LogP contribution < -0.4 is 4.90 Å². The molecule has 0 fully saturated rings. The van der Waals surface area contributed by atoms with Gasteiger partial charge in [0.25, 0.3) is 0 Å². The van der Waals surface area contributed by atoms with Gasteiger partial charge in [0, 0.05) is 20.6 Å². The smallest absolute Gasteiger partial charge is 0.412 e. The third-order valence-corrected chi connectivity index (χ3v) is 4.34. The Balaban J connectivity index is 2.59. The maximum absolute atomic E-state index is 11.8. The van der Waals surface area contributed by atoms with E-state index in [1.165, 1.54) is 4.90 Å². The van der Waals surface area contributed by atoms with E-state index in [1.807, 2.05) is 12.1 Å². The van der Waals surface area contributed by atoms with Crippen LogP contribution in [0.3, 0.4) is 0 Å². The van der Waals surface area contributed by atoms with Gasteiger partial charge in [0.2, 0.25) is 0 Å². The van der Waals surface area contributed by atoms with Crippen molar-refractivity contribution >= 4 is 39.3 Å². The Morgan fingerprint density at radius 2 is 1.75 bits per heavy atom. The second-order valence-corrected chi connectivity index (χ2v) is 7.80. The van der Waals surface area contributed by atoms with Crippen LogP contribution in [-0.4, -0.2) is 21.8 Å². The highest BCUT2D eigenvalue weighted by Gasteiger charge is 2.31. The normalized spacial score (nSPS) is 12.8. The minimum Gasteiger partial charge on any atom is -0.465 e. The number of hydrogen-bond acceptors (Lipinski definition) is 2. The minimum absolute atomic E-state index is 0.412. The standard InChI is InChI=1S/C18H19BrClNO3/c1-18(2,3)21(17(23)24)15-9-8-13(20)10-14(15)16(22)11-4-6-12(19)7-5-11/h4-10,16,22H,1-3H3,(H,23,24). The van der Waals surface area contributed by atoms with Crippen LogP contribution in [0.4, 0.5) is 10.5 Å². The molecule has 0 aromatic heterocycles. The van der Waals surface area contributed by atoms with Crippen molar-refractivity contribution < 1.29 is 15.0 Å². The van der Waals surface area contributed by atoms with Crippen LogP contribution in [0, 0.1) is 0 Å². The van der Waals surface area contributed by atoms with Crippen molar-refractivity contribution in [1.82, 2.24) is 0 Å². The Hall–Kier alpha value is -1.56. The van der Waals surface area contributed by atoms with E-state index in [0.29, 0.717) is 21.8 Å². The maximum Gasteiger partial charge on any atom is 0.412 e. The second-order valence-electron chi connectivity index (χ2n) is 6.45. The Morgan fingerprint density at radius 3 is 2.25 bits per heavy atom. The van der Waals surface area contributed by atoms with Crippen LogP contribution in [0.2, 0.25) is 5.02 Å². The zero-order chi connectivity index (χ0) is 18.1. The van der Waals surface area contributed by atoms with E-state index in [1.54, 1.807) is 51.1 Å². The highest BCUT2D eigenvalue weighted by Crippen LogP contribution is 2.36. The molecule has 2 aromatic carbocycles. The summed E-state index contributed by atoms with van der Waals surface area (Å²) in [4.78, 5) is 13.0. The van der Waals surface area contributed by atoms with Gasteiger partial charge in [-0.2, -0.15) is 0 Å². The third kappa shape index (κ3) is 4.09. The number of rotatable bonds is 3. The van der Waals surface area contributed by atoms with Crippen molar-refractivity contribution in [2.75, 3.05) is 4.90 Å². The summed E-state index contributed by atoms with van der Waals surface area (Å²) >= 11 is 9.44. The average Bonchev–Trinajstić information content (AvgIpc) is 2.47. The molecular weight excluding hydrogens is 394 g/mol. The molecule has 2 rings (SSSR count). The number of carbonyl (C=O) groups is 1. The van der Waals surface area contributed by atoms with Crippen LogP contribution in [0.15, 0.2) is 46.9 Å². The van der Waals surface area contributed by atoms with Crippen molar-refractivity contribution in [3.05, 3.63) is 63.1 Å². The molecule has 0 heterocycles. The van der Waals surface area contributed by atoms with E-state index in [4.69, 9.17) is 11.6 Å². The molecule has 0 bridgehead atoms. The van der Waals surface area contributed by atoms with Gasteiger partial charge in [-0.3, -0.25) is 4.90 Å². The lowest BCUT2D eigenvalue weighted by Gasteiger charge is -2.35. The van der Waals surface area contributed by atoms with Crippen LogP contribution in [-0.2, 0) is 0 Å². The Morgan fingerprint density at radius 1 is 1.17 bits per heavy atom. The molecule has 6 heteroatoms. The number of amides is 1. The monoisotopic (exact) mass is 411 g/mol. The summed E-state index contributed by atoms with van der Waals surface area (Å²) in [5, 5.41) is 20.9. The summed E-state index contributed by atoms with van der Waals surface area (Å²) in [7, 11) is 0. The van der Waals surface area contributed by atoms with Gasteiger partial charge in [-0.25, -0.2) is 4.79 Å². The molecule has 1 unspecified atom stereocenters. The minimum atomic E-state index is -1.09. The largest absolute Gasteiger partial charge is 0.465 e. The maximum atomic E-state index is 11.8. The summed E-state index contributed by atoms with van der Waals surface area (Å²) in [6, 6.07) is 12.0. The van der Waals surface area contributed by atoms with Gasteiger partial charge in [-0.15, -0.1) is 0 Å². The molecule has 2 aromatic rings. The fourth-order valence-electron chi connectivity index (χ4n) is 2.52. The quantitative estimate of drug-likeness (QED) is 0.703. The Kier molecular flexibility index (Phi) is 5.58. The lowest BCUT2D eigenvalue weighted by molar-refractivity contribution is 0.194. The van der Waals surface area contributed by atoms with E-state index in [-0.39, 0.29) is 0 Å². The zero-order valence-electron chi connectivity index (χ0n) is 13.6. The van der Waals surface area contributed by atoms with Gasteiger partial charge in [-0.1, -0.05) is 39.7 Å². The van der Waals surface area contributed by atoms with Gasteiger partial charge in [-0.05, 0) is 56.7 Å². The summed E-state index contributed by atoms with van der Waals surface area (Å²) in [5.74, 6) is 0. The first-order chi connectivity index (χ1) is 11.1. The van der Waals surface area contributed by atoms with Gasteiger partial charge < -0.3 is 10.2 Å². The van der Waals surface area contributed by atoms with E-state index in [9.17, 15) is 15.0 Å². The van der Waals surface area contributed by atoms with Gasteiger partial charge >= 0.3 is 6.09 Å².